The number of carbonyl (C=O) groups excluding carboxylic acids is 2. The van der Waals surface area contributed by atoms with Crippen LogP contribution in [0.3, 0.4) is 0 Å². The molecule has 1 saturated heterocycles. The number of piperidine rings is 1. The van der Waals surface area contributed by atoms with Gasteiger partial charge in [0.25, 0.3) is 12.4 Å². The summed E-state index contributed by atoms with van der Waals surface area (Å²) in [4.78, 5) is 51.8. The van der Waals surface area contributed by atoms with Crippen LogP contribution in [0.4, 0.5) is 0 Å². The number of benzene rings is 5. The fourth-order valence-electron chi connectivity index (χ4n) is 7.58. The first-order valence-corrected chi connectivity index (χ1v) is 20.8. The molecule has 1 amide bonds. The van der Waals surface area contributed by atoms with Crippen molar-refractivity contribution < 1.29 is 44.3 Å². The Kier molecular flexibility index (Phi) is 16.2. The maximum Gasteiger partial charge on any atom is 0.348 e. The molecular formula is C49H52N4O10. The number of esters is 1. The molecule has 2 heterocycles. The maximum absolute atomic E-state index is 14.0. The molecule has 63 heavy (non-hydrogen) atoms. The molecule has 7 N–H and O–H groups in total. The van der Waals surface area contributed by atoms with Crippen molar-refractivity contribution in [1.29, 1.82) is 0 Å². The lowest BCUT2D eigenvalue weighted by atomic mass is 9.86. The zero-order valence-corrected chi connectivity index (χ0v) is 34.7. The number of aromatic amines is 1. The van der Waals surface area contributed by atoms with Crippen LogP contribution in [0.25, 0.3) is 10.9 Å². The van der Waals surface area contributed by atoms with Gasteiger partial charge in [0.1, 0.15) is 17.6 Å². The zero-order chi connectivity index (χ0) is 44.6. The van der Waals surface area contributed by atoms with Gasteiger partial charge in [-0.05, 0) is 84.5 Å². The van der Waals surface area contributed by atoms with E-state index in [1.165, 1.54) is 17.7 Å². The fourth-order valence-corrected chi connectivity index (χ4v) is 7.58. The van der Waals surface area contributed by atoms with Crippen molar-refractivity contribution in [2.75, 3.05) is 32.8 Å². The van der Waals surface area contributed by atoms with Gasteiger partial charge in [-0.15, -0.1) is 0 Å². The van der Waals surface area contributed by atoms with Crippen LogP contribution in [-0.4, -0.2) is 87.5 Å². The second-order valence-corrected chi connectivity index (χ2v) is 15.2. The summed E-state index contributed by atoms with van der Waals surface area (Å²) in [6.07, 6.45) is 0.854. The highest BCUT2D eigenvalue weighted by molar-refractivity contribution is 5.94. The van der Waals surface area contributed by atoms with Gasteiger partial charge in [0, 0.05) is 55.3 Å². The highest BCUT2D eigenvalue weighted by Crippen LogP contribution is 2.34. The van der Waals surface area contributed by atoms with Crippen LogP contribution >= 0.6 is 0 Å². The summed E-state index contributed by atoms with van der Waals surface area (Å²) in [5, 5.41) is 46.7. The Morgan fingerprint density at radius 1 is 0.889 bits per heavy atom. The number of hydrogen-bond acceptors (Lipinski definition) is 11. The Morgan fingerprint density at radius 3 is 2.35 bits per heavy atom. The van der Waals surface area contributed by atoms with Gasteiger partial charge in [-0.1, -0.05) is 91.0 Å². The largest absolute Gasteiger partial charge is 0.506 e. The van der Waals surface area contributed by atoms with Crippen LogP contribution in [0.15, 0.2) is 138 Å². The molecule has 0 aliphatic carbocycles. The maximum atomic E-state index is 14.0. The number of carbonyl (C=O) groups is 3. The van der Waals surface area contributed by atoms with Gasteiger partial charge < -0.3 is 45.5 Å². The average molecular weight is 857 g/mol. The summed E-state index contributed by atoms with van der Waals surface area (Å²) in [7, 11) is 0. The van der Waals surface area contributed by atoms with E-state index in [1.54, 1.807) is 72.8 Å². The molecule has 0 radical (unpaired) electrons. The minimum Gasteiger partial charge on any atom is -0.506 e. The number of fused-ring (bicyclic) bond motifs is 1. The number of nitrogens with one attached hydrogen (secondary N) is 3. The van der Waals surface area contributed by atoms with Crippen molar-refractivity contribution in [3.05, 3.63) is 177 Å². The number of aromatic hydroxyl groups is 1. The summed E-state index contributed by atoms with van der Waals surface area (Å²) < 4.78 is 12.1. The van der Waals surface area contributed by atoms with Gasteiger partial charge in [0.15, 0.2) is 0 Å². The van der Waals surface area contributed by atoms with Crippen LogP contribution < -0.4 is 20.9 Å². The van der Waals surface area contributed by atoms with E-state index in [2.05, 4.69) is 32.7 Å². The van der Waals surface area contributed by atoms with Crippen LogP contribution in [0, 0.1) is 0 Å². The lowest BCUT2D eigenvalue weighted by Crippen LogP contribution is -2.45. The summed E-state index contributed by atoms with van der Waals surface area (Å²) in [5.41, 5.74) is 1.80. The Morgan fingerprint density at radius 2 is 1.60 bits per heavy atom. The molecule has 0 saturated carbocycles. The number of ether oxygens (including phenoxy) is 2. The van der Waals surface area contributed by atoms with Crippen molar-refractivity contribution in [2.24, 2.45) is 0 Å². The van der Waals surface area contributed by atoms with Gasteiger partial charge in [0.05, 0.1) is 18.2 Å². The predicted molar refractivity (Wildman–Crippen MR) is 237 cm³/mol. The average Bonchev–Trinajstić information content (AvgIpc) is 3.30. The normalized spacial score (nSPS) is 15.2. The van der Waals surface area contributed by atoms with E-state index >= 15 is 0 Å². The Labute approximate surface area is 364 Å². The smallest absolute Gasteiger partial charge is 0.348 e. The van der Waals surface area contributed by atoms with Crippen LogP contribution in [0.1, 0.15) is 63.5 Å². The number of hydrogen-bond donors (Lipinski definition) is 7. The number of phenols is 1. The first-order chi connectivity index (χ1) is 30.6. The molecule has 1 fully saturated rings. The first kappa shape index (κ1) is 45.7. The molecular weight excluding hydrogens is 805 g/mol. The van der Waals surface area contributed by atoms with Crippen molar-refractivity contribution in [3.8, 4) is 11.5 Å². The third-order valence-corrected chi connectivity index (χ3v) is 10.7. The fraction of sp³-hybridized carbons (Fsp3) is 0.265. The van der Waals surface area contributed by atoms with Crippen molar-refractivity contribution in [2.45, 2.75) is 50.2 Å². The van der Waals surface area contributed by atoms with Gasteiger partial charge in [-0.2, -0.15) is 0 Å². The van der Waals surface area contributed by atoms with Gasteiger partial charge in [-0.25, -0.2) is 4.79 Å². The molecule has 1 aliphatic rings. The summed E-state index contributed by atoms with van der Waals surface area (Å²) in [5.74, 6) is -0.556. The molecule has 0 unspecified atom stereocenters. The molecule has 0 bridgehead atoms. The minimum atomic E-state index is -2.06. The first-order valence-electron chi connectivity index (χ1n) is 20.8. The van der Waals surface area contributed by atoms with E-state index in [0.717, 1.165) is 25.1 Å². The molecule has 328 valence electrons. The monoisotopic (exact) mass is 856 g/mol. The van der Waals surface area contributed by atoms with Crippen molar-refractivity contribution in [1.82, 2.24) is 20.5 Å². The highest BCUT2D eigenvalue weighted by atomic mass is 16.6. The van der Waals surface area contributed by atoms with E-state index < -0.39 is 17.7 Å². The standard InChI is InChI=1S/C48H50N4O8.CH2O2/c53-42-23-21-40(41-22-24-44(55)51-45(41)42)43(54)30-49-29-33-17-19-35(20-18-33)46(56)50-25-9-27-59-38-15-7-14-37(28-38)48(58,36-12-5-2-6-13-36)47(57)60-39-16-8-26-52(32-39)31-34-10-3-1-4-11-34;2-1-3/h1-7,10-15,17-24,28,39,43,49,53-54,58H,8-9,16,25-27,29-32H2,(H,50,56)(H,51,55);1H,(H,2,3)/t39-,43+,48+;/m1./s1. The van der Waals surface area contributed by atoms with E-state index in [9.17, 15) is 29.7 Å². The molecule has 5 aromatic carbocycles. The number of carboxylic acid groups (broad SMARTS) is 1. The lowest BCUT2D eigenvalue weighted by molar-refractivity contribution is -0.170. The van der Waals surface area contributed by atoms with E-state index in [0.29, 0.717) is 65.9 Å². The quantitative estimate of drug-likeness (QED) is 0.0350. The molecule has 1 aromatic heterocycles. The minimum absolute atomic E-state index is 0.0674. The van der Waals surface area contributed by atoms with Gasteiger partial charge in [-0.3, -0.25) is 19.3 Å². The van der Waals surface area contributed by atoms with Crippen LogP contribution in [-0.2, 0) is 33.0 Å². The Hall–Kier alpha value is -6.84. The molecule has 3 atom stereocenters. The van der Waals surface area contributed by atoms with E-state index in [4.69, 9.17) is 19.4 Å². The Balaban J connectivity index is 0.00000214. The third-order valence-electron chi connectivity index (χ3n) is 10.7. The summed E-state index contributed by atoms with van der Waals surface area (Å²) >= 11 is 0. The van der Waals surface area contributed by atoms with Gasteiger partial charge in [0.2, 0.25) is 11.2 Å². The molecule has 14 heteroatoms. The third kappa shape index (κ3) is 12.2. The number of aliphatic hydroxyl groups excluding tert-OH is 1. The number of amides is 1. The number of nitrogens with zero attached hydrogens (tertiary/aromatic N) is 1. The van der Waals surface area contributed by atoms with E-state index in [1.807, 2.05) is 36.4 Å². The molecule has 1 aliphatic heterocycles. The lowest BCUT2D eigenvalue weighted by Gasteiger charge is -2.35. The number of aliphatic hydroxyl groups is 2. The highest BCUT2D eigenvalue weighted by Gasteiger charge is 2.43. The molecule has 7 rings (SSSR count). The number of phenolic OH excluding ortho intramolecular Hbond substituents is 1. The summed E-state index contributed by atoms with van der Waals surface area (Å²) in [6.45, 7) is 3.31. The number of pyridine rings is 1. The number of H-pyrrole nitrogens is 1. The second-order valence-electron chi connectivity index (χ2n) is 15.2. The Bertz CT molecular complexity index is 2480. The van der Waals surface area contributed by atoms with E-state index in [-0.39, 0.29) is 48.5 Å². The summed E-state index contributed by atoms with van der Waals surface area (Å²) in [6, 6.07) is 39.0. The van der Waals surface area contributed by atoms with Crippen LogP contribution in [0.2, 0.25) is 0 Å². The van der Waals surface area contributed by atoms with Crippen LogP contribution in [0.5, 0.6) is 11.5 Å². The molecule has 14 nitrogen and oxygen atoms in total. The molecule has 0 spiro atoms. The second kappa shape index (κ2) is 22.3. The van der Waals surface area contributed by atoms with Crippen molar-refractivity contribution in [3.63, 3.8) is 0 Å². The number of aromatic nitrogens is 1. The predicted octanol–water partition coefficient (Wildman–Crippen LogP) is 5.40. The number of rotatable bonds is 17. The van der Waals surface area contributed by atoms with Crippen molar-refractivity contribution >= 4 is 29.3 Å². The molecule has 6 aromatic rings. The SMILES string of the molecule is O=C(NCCCOc1cccc([C@](O)(C(=O)O[C@@H]2CCCN(Cc3ccccc3)C2)c2ccccc2)c1)c1ccc(CNC[C@H](O)c2ccc(O)c3[nH]c(=O)ccc23)cc1.O=CO. The van der Waals surface area contributed by atoms with Gasteiger partial charge >= 0.3 is 5.97 Å². The topological polar surface area (TPSA) is 211 Å². The number of likely N-dealkylation sites (tertiary alicyclic amines) is 1. The zero-order valence-electron chi connectivity index (χ0n) is 34.7.